The number of hydrogen-bond acceptors (Lipinski definition) is 6. The van der Waals surface area contributed by atoms with Gasteiger partial charge < -0.3 is 24.3 Å². The van der Waals surface area contributed by atoms with Crippen molar-refractivity contribution in [2.45, 2.75) is 27.7 Å². The number of Topliss-reactive ketones (excluding diaryl/α,β-unsaturated/α-hetero) is 1. The maximum atomic E-state index is 11.4. The van der Waals surface area contributed by atoms with Crippen LogP contribution in [0.5, 0.6) is 0 Å². The Kier molecular flexibility index (Phi) is 14.8. The molecule has 0 bridgehead atoms. The molecule has 1 N–H and O–H groups in total. The van der Waals surface area contributed by atoms with E-state index in [0.29, 0.717) is 52.1 Å². The maximum absolute atomic E-state index is 11.4. The van der Waals surface area contributed by atoms with Crippen molar-refractivity contribution in [1.29, 1.82) is 0 Å². The topological polar surface area (TPSA) is 83.1 Å². The summed E-state index contributed by atoms with van der Waals surface area (Å²) in [6.07, 6.45) is 0. The molecular formula is C17H33NO6. The van der Waals surface area contributed by atoms with Crippen molar-refractivity contribution in [3.8, 4) is 0 Å². The Labute approximate surface area is 145 Å². The second-order valence-electron chi connectivity index (χ2n) is 6.15. The smallest absolute Gasteiger partial charge is 0.246 e. The maximum Gasteiger partial charge on any atom is 0.246 e. The summed E-state index contributed by atoms with van der Waals surface area (Å²) in [5.41, 5.74) is 0. The Morgan fingerprint density at radius 1 is 0.750 bits per heavy atom. The number of ketones is 1. The first-order valence-corrected chi connectivity index (χ1v) is 8.53. The van der Waals surface area contributed by atoms with Gasteiger partial charge in [0.1, 0.15) is 13.2 Å². The van der Waals surface area contributed by atoms with Crippen LogP contribution in [-0.4, -0.2) is 71.1 Å². The number of nitrogens with one attached hydrogen (secondary N) is 1. The first kappa shape index (κ1) is 23.0. The van der Waals surface area contributed by atoms with Crippen molar-refractivity contribution in [3.63, 3.8) is 0 Å². The summed E-state index contributed by atoms with van der Waals surface area (Å²) in [6, 6.07) is 0. The van der Waals surface area contributed by atoms with Crippen LogP contribution in [0.2, 0.25) is 0 Å². The molecule has 0 heterocycles. The van der Waals surface area contributed by atoms with Crippen LogP contribution < -0.4 is 5.32 Å². The fourth-order valence-corrected chi connectivity index (χ4v) is 1.43. The van der Waals surface area contributed by atoms with E-state index in [-0.39, 0.29) is 30.8 Å². The molecule has 0 spiro atoms. The van der Waals surface area contributed by atoms with Crippen LogP contribution in [0.1, 0.15) is 27.7 Å². The Balaban J connectivity index is 3.20. The molecule has 0 aliphatic carbocycles. The zero-order chi connectivity index (χ0) is 18.2. The molecule has 7 nitrogen and oxygen atoms in total. The Bertz CT molecular complexity index is 333. The highest BCUT2D eigenvalue weighted by atomic mass is 16.6. The van der Waals surface area contributed by atoms with Gasteiger partial charge in [0, 0.05) is 12.5 Å². The van der Waals surface area contributed by atoms with Crippen molar-refractivity contribution < 1.29 is 28.5 Å². The molecule has 0 fully saturated rings. The van der Waals surface area contributed by atoms with Crippen molar-refractivity contribution in [2.75, 3.05) is 59.4 Å². The van der Waals surface area contributed by atoms with E-state index in [1.165, 1.54) is 0 Å². The molecule has 0 aliphatic rings. The first-order valence-electron chi connectivity index (χ1n) is 8.53. The highest BCUT2D eigenvalue weighted by Crippen LogP contribution is 1.94. The molecule has 0 atom stereocenters. The second kappa shape index (κ2) is 15.5. The number of ether oxygens (including phenoxy) is 4. The van der Waals surface area contributed by atoms with E-state index >= 15 is 0 Å². The Hall–Kier alpha value is -1.02. The third kappa shape index (κ3) is 15.9. The van der Waals surface area contributed by atoms with Crippen molar-refractivity contribution in [1.82, 2.24) is 5.32 Å². The monoisotopic (exact) mass is 347 g/mol. The van der Waals surface area contributed by atoms with E-state index in [0.717, 1.165) is 0 Å². The van der Waals surface area contributed by atoms with Crippen molar-refractivity contribution in [3.05, 3.63) is 0 Å². The molecule has 7 heteroatoms. The van der Waals surface area contributed by atoms with E-state index < -0.39 is 0 Å². The Morgan fingerprint density at radius 2 is 1.21 bits per heavy atom. The van der Waals surface area contributed by atoms with Gasteiger partial charge in [-0.05, 0) is 5.92 Å². The molecule has 142 valence electrons. The van der Waals surface area contributed by atoms with E-state index in [1.54, 1.807) is 0 Å². The molecule has 0 rings (SSSR count). The fraction of sp³-hybridized carbons (Fsp3) is 0.882. The summed E-state index contributed by atoms with van der Waals surface area (Å²) in [6.45, 7) is 11.1. The van der Waals surface area contributed by atoms with E-state index in [9.17, 15) is 9.59 Å². The van der Waals surface area contributed by atoms with Gasteiger partial charge in [0.15, 0.2) is 5.78 Å². The molecule has 0 saturated carbocycles. The lowest BCUT2D eigenvalue weighted by Gasteiger charge is -2.09. The standard InChI is InChI=1S/C17H33NO6/c1-14(2)11-18-17(20)13-24-10-8-22-6-5-21-7-9-23-12-16(19)15(3)4/h14-15H,5-13H2,1-4H3,(H,18,20). The van der Waals surface area contributed by atoms with Gasteiger partial charge >= 0.3 is 0 Å². The molecule has 0 aliphatic heterocycles. The largest absolute Gasteiger partial charge is 0.377 e. The SMILES string of the molecule is CC(C)CNC(=O)COCCOCCOCCOCC(=O)C(C)C. The highest BCUT2D eigenvalue weighted by molar-refractivity contribution is 5.81. The van der Waals surface area contributed by atoms with Gasteiger partial charge in [0.05, 0.1) is 39.6 Å². The lowest BCUT2D eigenvalue weighted by Crippen LogP contribution is -2.31. The van der Waals surface area contributed by atoms with Gasteiger partial charge in [-0.2, -0.15) is 0 Å². The van der Waals surface area contributed by atoms with Crippen LogP contribution >= 0.6 is 0 Å². The van der Waals surface area contributed by atoms with Gasteiger partial charge in [-0.25, -0.2) is 0 Å². The summed E-state index contributed by atoms with van der Waals surface area (Å²) < 4.78 is 21.0. The molecular weight excluding hydrogens is 314 g/mol. The zero-order valence-electron chi connectivity index (χ0n) is 15.5. The van der Waals surface area contributed by atoms with Gasteiger partial charge in [-0.15, -0.1) is 0 Å². The third-order valence-electron chi connectivity index (χ3n) is 2.94. The van der Waals surface area contributed by atoms with Crippen LogP contribution in [0, 0.1) is 11.8 Å². The lowest BCUT2D eigenvalue weighted by atomic mass is 10.1. The van der Waals surface area contributed by atoms with Gasteiger partial charge in [0.2, 0.25) is 5.91 Å². The third-order valence-corrected chi connectivity index (χ3v) is 2.94. The summed E-state index contributed by atoms with van der Waals surface area (Å²) in [5, 5.41) is 2.77. The van der Waals surface area contributed by atoms with E-state index in [2.05, 4.69) is 5.32 Å². The van der Waals surface area contributed by atoms with Crippen LogP contribution in [0.3, 0.4) is 0 Å². The van der Waals surface area contributed by atoms with Crippen molar-refractivity contribution in [2.24, 2.45) is 11.8 Å². The van der Waals surface area contributed by atoms with E-state index in [1.807, 2.05) is 27.7 Å². The Morgan fingerprint density at radius 3 is 1.67 bits per heavy atom. The summed E-state index contributed by atoms with van der Waals surface area (Å²) in [7, 11) is 0. The van der Waals surface area contributed by atoms with Crippen LogP contribution in [0.25, 0.3) is 0 Å². The van der Waals surface area contributed by atoms with Gasteiger partial charge in [-0.1, -0.05) is 27.7 Å². The summed E-state index contributed by atoms with van der Waals surface area (Å²) in [5.74, 6) is 0.417. The normalized spacial score (nSPS) is 11.2. The minimum absolute atomic E-state index is 0.00261. The molecule has 1 amide bonds. The minimum Gasteiger partial charge on any atom is -0.377 e. The number of carbonyl (C=O) groups is 2. The van der Waals surface area contributed by atoms with Gasteiger partial charge in [0.25, 0.3) is 0 Å². The zero-order valence-corrected chi connectivity index (χ0v) is 15.5. The van der Waals surface area contributed by atoms with Crippen LogP contribution in [0.4, 0.5) is 0 Å². The fourth-order valence-electron chi connectivity index (χ4n) is 1.43. The quantitative estimate of drug-likeness (QED) is 0.420. The number of amides is 1. The number of carbonyl (C=O) groups excluding carboxylic acids is 2. The number of hydrogen-bond donors (Lipinski definition) is 1. The molecule has 0 unspecified atom stereocenters. The van der Waals surface area contributed by atoms with Crippen molar-refractivity contribution >= 4 is 11.7 Å². The van der Waals surface area contributed by atoms with Gasteiger partial charge in [-0.3, -0.25) is 9.59 Å². The molecule has 24 heavy (non-hydrogen) atoms. The summed E-state index contributed by atoms with van der Waals surface area (Å²) in [4.78, 5) is 22.6. The molecule has 0 aromatic carbocycles. The molecule has 0 saturated heterocycles. The van der Waals surface area contributed by atoms with Crippen LogP contribution in [-0.2, 0) is 28.5 Å². The molecule has 0 aromatic rings. The van der Waals surface area contributed by atoms with E-state index in [4.69, 9.17) is 18.9 Å². The van der Waals surface area contributed by atoms with Crippen LogP contribution in [0.15, 0.2) is 0 Å². The lowest BCUT2D eigenvalue weighted by molar-refractivity contribution is -0.127. The minimum atomic E-state index is -0.108. The summed E-state index contributed by atoms with van der Waals surface area (Å²) >= 11 is 0. The second-order valence-corrected chi connectivity index (χ2v) is 6.15. The first-order chi connectivity index (χ1) is 11.4. The average molecular weight is 347 g/mol. The average Bonchev–Trinajstić information content (AvgIpc) is 2.53. The predicted octanol–water partition coefficient (Wildman–Crippen LogP) is 1.05. The molecule has 0 radical (unpaired) electrons. The molecule has 0 aromatic heterocycles. The predicted molar refractivity (Wildman–Crippen MR) is 91.0 cm³/mol. The number of rotatable bonds is 16. The highest BCUT2D eigenvalue weighted by Gasteiger charge is 2.06.